The van der Waals surface area contributed by atoms with Gasteiger partial charge in [0.2, 0.25) is 11.8 Å². The predicted octanol–water partition coefficient (Wildman–Crippen LogP) is 3.09. The van der Waals surface area contributed by atoms with Gasteiger partial charge in [0.1, 0.15) is 5.82 Å². The zero-order valence-electron chi connectivity index (χ0n) is 20.9. The summed E-state index contributed by atoms with van der Waals surface area (Å²) < 4.78 is 11.3. The summed E-state index contributed by atoms with van der Waals surface area (Å²) in [6.07, 6.45) is 0. The fraction of sp³-hybridized carbons (Fsp3) is 0.429. The molecule has 3 heterocycles. The van der Waals surface area contributed by atoms with Crippen LogP contribution < -0.4 is 14.8 Å². The topological polar surface area (TPSA) is 62.8 Å². The van der Waals surface area contributed by atoms with Crippen molar-refractivity contribution in [3.63, 3.8) is 0 Å². The molecule has 3 aromatic rings. The van der Waals surface area contributed by atoms with Crippen molar-refractivity contribution in [2.24, 2.45) is 0 Å². The van der Waals surface area contributed by atoms with Crippen LogP contribution in [-0.2, 0) is 6.54 Å². The first kappa shape index (κ1) is 23.7. The number of hydrogen-bond donors (Lipinski definition) is 1. The number of benzene rings is 2. The van der Waals surface area contributed by atoms with Crippen LogP contribution in [-0.4, -0.2) is 78.8 Å². The first-order valence-electron chi connectivity index (χ1n) is 12.4. The maximum Gasteiger partial charge on any atom is 0.224 e. The molecule has 0 amide bonds. The lowest BCUT2D eigenvalue weighted by Crippen LogP contribution is -2.66. The quantitative estimate of drug-likeness (QED) is 0.566. The zero-order valence-corrected chi connectivity index (χ0v) is 20.9. The number of aromatic nitrogens is 2. The summed E-state index contributed by atoms with van der Waals surface area (Å²) >= 11 is 0. The lowest BCUT2D eigenvalue weighted by molar-refractivity contribution is -0.00101. The molecule has 2 aromatic carbocycles. The van der Waals surface area contributed by atoms with Gasteiger partial charge in [-0.15, -0.1) is 0 Å². The molecular formula is C28H35N5O2. The molecule has 0 spiro atoms. The predicted molar refractivity (Wildman–Crippen MR) is 137 cm³/mol. The van der Waals surface area contributed by atoms with Gasteiger partial charge >= 0.3 is 0 Å². The van der Waals surface area contributed by atoms with Crippen LogP contribution in [0.1, 0.15) is 28.4 Å². The van der Waals surface area contributed by atoms with Crippen molar-refractivity contribution in [2.45, 2.75) is 31.5 Å². The molecule has 0 bridgehead atoms. The van der Waals surface area contributed by atoms with Crippen molar-refractivity contribution >= 4 is 0 Å². The smallest absolute Gasteiger partial charge is 0.224 e. The third-order valence-electron chi connectivity index (χ3n) is 7.25. The molecule has 7 nitrogen and oxygen atoms in total. The lowest BCUT2D eigenvalue weighted by atomic mass is 9.81. The Kier molecular flexibility index (Phi) is 7.27. The zero-order chi connectivity index (χ0) is 24.2. The highest BCUT2D eigenvalue weighted by Crippen LogP contribution is 2.36. The third kappa shape index (κ3) is 5.03. The van der Waals surface area contributed by atoms with Crippen molar-refractivity contribution in [1.82, 2.24) is 25.1 Å². The minimum Gasteiger partial charge on any atom is -0.481 e. The highest BCUT2D eigenvalue weighted by atomic mass is 16.5. The fourth-order valence-electron chi connectivity index (χ4n) is 5.75. The van der Waals surface area contributed by atoms with Gasteiger partial charge in [0.25, 0.3) is 0 Å². The fourth-order valence-corrected chi connectivity index (χ4v) is 5.75. The van der Waals surface area contributed by atoms with Gasteiger partial charge in [-0.1, -0.05) is 60.7 Å². The summed E-state index contributed by atoms with van der Waals surface area (Å²) in [5, 5.41) is 3.62. The second-order valence-corrected chi connectivity index (χ2v) is 9.42. The molecular weight excluding hydrogens is 438 g/mol. The van der Waals surface area contributed by atoms with E-state index in [1.807, 2.05) is 6.92 Å². The van der Waals surface area contributed by atoms with Gasteiger partial charge in [0, 0.05) is 57.3 Å². The Morgan fingerprint density at radius 1 is 0.914 bits per heavy atom. The number of nitrogens with one attached hydrogen (secondary N) is 1. The van der Waals surface area contributed by atoms with Crippen molar-refractivity contribution in [1.29, 1.82) is 0 Å². The van der Waals surface area contributed by atoms with E-state index in [0.29, 0.717) is 36.2 Å². The lowest BCUT2D eigenvalue weighted by Gasteiger charge is -2.51. The van der Waals surface area contributed by atoms with E-state index in [4.69, 9.17) is 9.47 Å². The Labute approximate surface area is 208 Å². The van der Waals surface area contributed by atoms with Gasteiger partial charge in [-0.3, -0.25) is 9.80 Å². The van der Waals surface area contributed by atoms with Crippen molar-refractivity contribution in [3.8, 4) is 11.8 Å². The van der Waals surface area contributed by atoms with Crippen LogP contribution in [0, 0.1) is 6.92 Å². The highest BCUT2D eigenvalue weighted by Gasteiger charge is 2.41. The minimum atomic E-state index is 0.277. The number of fused-ring (bicyclic) bond motifs is 1. The van der Waals surface area contributed by atoms with Crippen LogP contribution in [0.15, 0.2) is 60.7 Å². The summed E-state index contributed by atoms with van der Waals surface area (Å²) in [6, 6.07) is 22.7. The van der Waals surface area contributed by atoms with E-state index in [9.17, 15) is 0 Å². The molecule has 1 N–H and O–H groups in total. The Balaban J connectivity index is 1.52. The van der Waals surface area contributed by atoms with Crippen LogP contribution in [0.2, 0.25) is 0 Å². The molecule has 2 aliphatic heterocycles. The number of methoxy groups -OCH3 is 2. The van der Waals surface area contributed by atoms with Crippen LogP contribution in [0.25, 0.3) is 0 Å². The van der Waals surface area contributed by atoms with Gasteiger partial charge in [-0.25, -0.2) is 0 Å². The standard InChI is InChI=1S/C28H35N5O2/c1-20-30-27(34-2)24(28(31-20)35-3)18-32-17-23-16-29-14-15-33(23)25(19-32)26(21-10-6-4-7-11-21)22-12-8-5-9-13-22/h4-13,23,25-26,29H,14-19H2,1-3H3/t23-,25+/m1/s1. The van der Waals surface area contributed by atoms with Gasteiger partial charge in [0.05, 0.1) is 19.8 Å². The van der Waals surface area contributed by atoms with Crippen LogP contribution in [0.4, 0.5) is 0 Å². The molecule has 2 aliphatic rings. The summed E-state index contributed by atoms with van der Waals surface area (Å²) in [7, 11) is 3.33. The molecule has 5 rings (SSSR count). The number of aryl methyl sites for hydroxylation is 1. The van der Waals surface area contributed by atoms with Crippen LogP contribution in [0.5, 0.6) is 11.8 Å². The van der Waals surface area contributed by atoms with E-state index in [1.165, 1.54) is 11.1 Å². The normalized spacial score (nSPS) is 21.0. The van der Waals surface area contributed by atoms with E-state index >= 15 is 0 Å². The summed E-state index contributed by atoms with van der Waals surface area (Å²) in [5.41, 5.74) is 3.63. The molecule has 0 aliphatic carbocycles. The molecule has 2 fully saturated rings. The molecule has 0 unspecified atom stereocenters. The molecule has 2 atom stereocenters. The van der Waals surface area contributed by atoms with Gasteiger partial charge in [-0.2, -0.15) is 9.97 Å². The number of rotatable bonds is 7. The third-order valence-corrected chi connectivity index (χ3v) is 7.25. The average molecular weight is 474 g/mol. The summed E-state index contributed by atoms with van der Waals surface area (Å²) in [5.74, 6) is 2.12. The number of hydrogen-bond acceptors (Lipinski definition) is 7. The number of ether oxygens (including phenoxy) is 2. The molecule has 0 radical (unpaired) electrons. The molecule has 7 heteroatoms. The van der Waals surface area contributed by atoms with E-state index in [1.54, 1.807) is 14.2 Å². The minimum absolute atomic E-state index is 0.277. The van der Waals surface area contributed by atoms with E-state index < -0.39 is 0 Å². The Morgan fingerprint density at radius 3 is 2.09 bits per heavy atom. The van der Waals surface area contributed by atoms with Crippen molar-refractivity contribution in [3.05, 3.63) is 83.2 Å². The van der Waals surface area contributed by atoms with Crippen molar-refractivity contribution < 1.29 is 9.47 Å². The van der Waals surface area contributed by atoms with Crippen molar-refractivity contribution in [2.75, 3.05) is 46.9 Å². The molecule has 184 valence electrons. The average Bonchev–Trinajstić information content (AvgIpc) is 2.90. The largest absolute Gasteiger partial charge is 0.481 e. The number of nitrogens with zero attached hydrogens (tertiary/aromatic N) is 4. The molecule has 1 aromatic heterocycles. The van der Waals surface area contributed by atoms with Crippen LogP contribution >= 0.6 is 0 Å². The van der Waals surface area contributed by atoms with Gasteiger partial charge in [0.15, 0.2) is 0 Å². The van der Waals surface area contributed by atoms with E-state index in [-0.39, 0.29) is 5.92 Å². The molecule has 2 saturated heterocycles. The van der Waals surface area contributed by atoms with Gasteiger partial charge < -0.3 is 14.8 Å². The maximum atomic E-state index is 5.65. The Morgan fingerprint density at radius 2 is 1.51 bits per heavy atom. The molecule has 0 saturated carbocycles. The Hall–Kier alpha value is -3.00. The van der Waals surface area contributed by atoms with Gasteiger partial charge in [-0.05, 0) is 18.1 Å². The second kappa shape index (κ2) is 10.7. The summed E-state index contributed by atoms with van der Waals surface area (Å²) in [4.78, 5) is 14.3. The maximum absolute atomic E-state index is 5.65. The highest BCUT2D eigenvalue weighted by molar-refractivity contribution is 5.37. The van der Waals surface area contributed by atoms with E-state index in [2.05, 4.69) is 85.7 Å². The Bertz CT molecular complexity index is 1050. The van der Waals surface area contributed by atoms with Crippen LogP contribution in [0.3, 0.4) is 0 Å². The number of piperazine rings is 2. The SMILES string of the molecule is COc1nc(C)nc(OC)c1CN1C[C@H]2CNCCN2[C@H](C(c2ccccc2)c2ccccc2)C1. The first-order valence-corrected chi connectivity index (χ1v) is 12.4. The summed E-state index contributed by atoms with van der Waals surface area (Å²) in [6.45, 7) is 7.52. The second-order valence-electron chi connectivity index (χ2n) is 9.42. The first-order chi connectivity index (χ1) is 17.2. The van der Waals surface area contributed by atoms with E-state index in [0.717, 1.165) is 38.3 Å². The molecule has 35 heavy (non-hydrogen) atoms. The monoisotopic (exact) mass is 473 g/mol.